The van der Waals surface area contributed by atoms with E-state index in [0.29, 0.717) is 17.0 Å². The third-order valence-corrected chi connectivity index (χ3v) is 3.03. The minimum absolute atomic E-state index is 0.0208. The topological polar surface area (TPSA) is 46.6 Å². The molecule has 1 unspecified atom stereocenters. The number of hydrogen-bond acceptors (Lipinski definition) is 3. The van der Waals surface area contributed by atoms with Crippen molar-refractivity contribution in [1.29, 1.82) is 0 Å². The number of nitrogens with zero attached hydrogens (tertiary/aromatic N) is 1. The summed E-state index contributed by atoms with van der Waals surface area (Å²) in [5.74, 6) is 0.562. The van der Waals surface area contributed by atoms with Crippen LogP contribution in [0.3, 0.4) is 0 Å². The molecule has 4 heteroatoms. The summed E-state index contributed by atoms with van der Waals surface area (Å²) < 4.78 is 5.56. The third kappa shape index (κ3) is 1.98. The van der Waals surface area contributed by atoms with Gasteiger partial charge < -0.3 is 9.64 Å². The van der Waals surface area contributed by atoms with Crippen molar-refractivity contribution in [3.8, 4) is 5.75 Å². The molecule has 2 rings (SSSR count). The first-order valence-corrected chi connectivity index (χ1v) is 6.06. The molecular weight excluding hydrogens is 230 g/mol. The van der Waals surface area contributed by atoms with E-state index in [-0.39, 0.29) is 17.7 Å². The highest BCUT2D eigenvalue weighted by atomic mass is 16.5. The van der Waals surface area contributed by atoms with Gasteiger partial charge in [-0.15, -0.1) is 0 Å². The van der Waals surface area contributed by atoms with Crippen LogP contribution in [0.4, 0.5) is 5.69 Å². The molecule has 0 radical (unpaired) electrons. The number of anilines is 1. The number of benzene rings is 1. The van der Waals surface area contributed by atoms with Crippen LogP contribution in [0.25, 0.3) is 0 Å². The van der Waals surface area contributed by atoms with E-state index in [1.54, 1.807) is 30.0 Å². The van der Waals surface area contributed by atoms with Crippen LogP contribution in [0, 0.1) is 0 Å². The second kappa shape index (κ2) is 4.44. The predicted octanol–water partition coefficient (Wildman–Crippen LogP) is 2.41. The number of amides is 1. The van der Waals surface area contributed by atoms with Crippen LogP contribution in [0.5, 0.6) is 5.75 Å². The molecule has 0 bridgehead atoms. The average Bonchev–Trinajstić information content (AvgIpc) is 2.29. The molecule has 96 valence electrons. The van der Waals surface area contributed by atoms with E-state index in [2.05, 4.69) is 0 Å². The molecule has 1 aliphatic rings. The Hall–Kier alpha value is -1.84. The number of ketones is 1. The zero-order chi connectivity index (χ0) is 13.4. The molecule has 1 amide bonds. The van der Waals surface area contributed by atoms with Gasteiger partial charge in [0.2, 0.25) is 0 Å². The highest BCUT2D eigenvalue weighted by Crippen LogP contribution is 2.36. The van der Waals surface area contributed by atoms with Crippen molar-refractivity contribution in [2.24, 2.45) is 0 Å². The minimum atomic E-state index is -0.483. The largest absolute Gasteiger partial charge is 0.479 e. The molecule has 1 atom stereocenters. The molecule has 0 saturated carbocycles. The molecular formula is C14H17NO3. The van der Waals surface area contributed by atoms with Crippen molar-refractivity contribution in [1.82, 2.24) is 0 Å². The maximum atomic E-state index is 12.1. The fourth-order valence-corrected chi connectivity index (χ4v) is 2.11. The van der Waals surface area contributed by atoms with Crippen molar-refractivity contribution in [2.75, 3.05) is 4.90 Å². The zero-order valence-corrected chi connectivity index (χ0v) is 11.1. The van der Waals surface area contributed by atoms with Crippen molar-refractivity contribution in [3.05, 3.63) is 23.8 Å². The van der Waals surface area contributed by atoms with Crippen molar-refractivity contribution in [2.45, 2.75) is 39.8 Å². The number of ether oxygens (including phenoxy) is 1. The van der Waals surface area contributed by atoms with Crippen LogP contribution in [0.1, 0.15) is 38.1 Å². The maximum absolute atomic E-state index is 12.1. The van der Waals surface area contributed by atoms with Crippen LogP contribution in [0.15, 0.2) is 18.2 Å². The molecule has 0 spiro atoms. The number of hydrogen-bond donors (Lipinski definition) is 0. The summed E-state index contributed by atoms with van der Waals surface area (Å²) in [5.41, 5.74) is 1.27. The van der Waals surface area contributed by atoms with Crippen molar-refractivity contribution in [3.63, 3.8) is 0 Å². The summed E-state index contributed by atoms with van der Waals surface area (Å²) in [4.78, 5) is 25.2. The molecule has 1 heterocycles. The van der Waals surface area contributed by atoms with Gasteiger partial charge in [-0.3, -0.25) is 9.59 Å². The van der Waals surface area contributed by atoms with E-state index in [1.165, 1.54) is 6.92 Å². The van der Waals surface area contributed by atoms with Crippen LogP contribution >= 0.6 is 0 Å². The van der Waals surface area contributed by atoms with Crippen LogP contribution in [-0.2, 0) is 4.79 Å². The monoisotopic (exact) mass is 247 g/mol. The molecule has 0 saturated heterocycles. The van der Waals surface area contributed by atoms with Gasteiger partial charge in [-0.05, 0) is 45.9 Å². The molecule has 1 aromatic carbocycles. The Bertz CT molecular complexity index is 508. The standard InChI is InChI=1S/C14H17NO3/c1-8(2)15-12-7-11(9(3)16)5-6-13(12)18-10(4)14(15)17/h5-8,10H,1-4H3. The Morgan fingerprint density at radius 1 is 1.39 bits per heavy atom. The Labute approximate surface area is 107 Å². The smallest absolute Gasteiger partial charge is 0.268 e. The summed E-state index contributed by atoms with van der Waals surface area (Å²) in [6, 6.07) is 5.23. The van der Waals surface area contributed by atoms with Crippen LogP contribution < -0.4 is 9.64 Å². The first-order chi connectivity index (χ1) is 8.41. The number of rotatable bonds is 2. The molecule has 18 heavy (non-hydrogen) atoms. The number of Topliss-reactive ketones (excluding diaryl/α,β-unsaturated/α-hetero) is 1. The summed E-state index contributed by atoms with van der Waals surface area (Å²) in [5, 5.41) is 0. The number of fused-ring (bicyclic) bond motifs is 1. The van der Waals surface area contributed by atoms with Gasteiger partial charge in [-0.25, -0.2) is 0 Å². The van der Waals surface area contributed by atoms with E-state index in [1.807, 2.05) is 13.8 Å². The quantitative estimate of drug-likeness (QED) is 0.754. The van der Waals surface area contributed by atoms with Gasteiger partial charge in [0.25, 0.3) is 5.91 Å². The lowest BCUT2D eigenvalue weighted by Crippen LogP contribution is -2.47. The fourth-order valence-electron chi connectivity index (χ4n) is 2.11. The van der Waals surface area contributed by atoms with E-state index in [4.69, 9.17) is 4.74 Å². The highest BCUT2D eigenvalue weighted by molar-refractivity contribution is 6.02. The molecule has 1 aromatic rings. The van der Waals surface area contributed by atoms with E-state index >= 15 is 0 Å². The normalized spacial score (nSPS) is 18.6. The third-order valence-electron chi connectivity index (χ3n) is 3.03. The lowest BCUT2D eigenvalue weighted by Gasteiger charge is -2.35. The van der Waals surface area contributed by atoms with Gasteiger partial charge in [-0.1, -0.05) is 0 Å². The Morgan fingerprint density at radius 3 is 2.61 bits per heavy atom. The maximum Gasteiger partial charge on any atom is 0.268 e. The van der Waals surface area contributed by atoms with Gasteiger partial charge in [0.05, 0.1) is 5.69 Å². The molecule has 0 N–H and O–H groups in total. The Morgan fingerprint density at radius 2 is 2.06 bits per heavy atom. The summed E-state index contributed by atoms with van der Waals surface area (Å²) in [6.45, 7) is 7.13. The van der Waals surface area contributed by atoms with Gasteiger partial charge in [-0.2, -0.15) is 0 Å². The van der Waals surface area contributed by atoms with Crippen LogP contribution in [0.2, 0.25) is 0 Å². The molecule has 0 fully saturated rings. The summed E-state index contributed by atoms with van der Waals surface area (Å²) in [7, 11) is 0. The highest BCUT2D eigenvalue weighted by Gasteiger charge is 2.33. The van der Waals surface area contributed by atoms with Gasteiger partial charge >= 0.3 is 0 Å². The number of carbonyl (C=O) groups excluding carboxylic acids is 2. The minimum Gasteiger partial charge on any atom is -0.479 e. The average molecular weight is 247 g/mol. The Kier molecular flexibility index (Phi) is 3.11. The predicted molar refractivity (Wildman–Crippen MR) is 69.2 cm³/mol. The molecule has 0 aromatic heterocycles. The lowest BCUT2D eigenvalue weighted by atomic mass is 10.1. The van der Waals surface area contributed by atoms with Gasteiger partial charge in [0, 0.05) is 11.6 Å². The van der Waals surface area contributed by atoms with Crippen molar-refractivity contribution >= 4 is 17.4 Å². The van der Waals surface area contributed by atoms with E-state index in [0.717, 1.165) is 0 Å². The van der Waals surface area contributed by atoms with E-state index < -0.39 is 6.10 Å². The van der Waals surface area contributed by atoms with Gasteiger partial charge in [0.15, 0.2) is 11.9 Å². The van der Waals surface area contributed by atoms with Crippen LogP contribution in [-0.4, -0.2) is 23.8 Å². The first-order valence-electron chi connectivity index (χ1n) is 6.06. The molecule has 1 aliphatic heterocycles. The van der Waals surface area contributed by atoms with Gasteiger partial charge in [0.1, 0.15) is 5.75 Å². The summed E-state index contributed by atoms with van der Waals surface area (Å²) in [6.07, 6.45) is -0.483. The summed E-state index contributed by atoms with van der Waals surface area (Å²) >= 11 is 0. The second-order valence-electron chi connectivity index (χ2n) is 4.80. The SMILES string of the molecule is CC(=O)c1ccc2c(c1)N(C(C)C)C(=O)C(C)O2. The second-order valence-corrected chi connectivity index (χ2v) is 4.80. The zero-order valence-electron chi connectivity index (χ0n) is 11.1. The number of carbonyl (C=O) groups is 2. The fraction of sp³-hybridized carbons (Fsp3) is 0.429. The van der Waals surface area contributed by atoms with Crippen molar-refractivity contribution < 1.29 is 14.3 Å². The van der Waals surface area contributed by atoms with E-state index in [9.17, 15) is 9.59 Å². The lowest BCUT2D eigenvalue weighted by molar-refractivity contribution is -0.125. The Balaban J connectivity index is 2.55. The molecule has 0 aliphatic carbocycles. The first kappa shape index (κ1) is 12.6. The molecule has 4 nitrogen and oxygen atoms in total.